The third-order valence-corrected chi connectivity index (χ3v) is 5.26. The molecule has 0 radical (unpaired) electrons. The Balaban J connectivity index is 1.97. The van der Waals surface area contributed by atoms with E-state index >= 15 is 0 Å². The van der Waals surface area contributed by atoms with E-state index in [0.29, 0.717) is 11.3 Å². The van der Waals surface area contributed by atoms with Gasteiger partial charge in [0, 0.05) is 13.6 Å². The Labute approximate surface area is 141 Å². The van der Waals surface area contributed by atoms with Crippen LogP contribution in [0.5, 0.6) is 11.5 Å². The smallest absolute Gasteiger partial charge is 0.242 e. The van der Waals surface area contributed by atoms with Gasteiger partial charge in [-0.3, -0.25) is 0 Å². The number of rotatable bonds is 7. The summed E-state index contributed by atoms with van der Waals surface area (Å²) in [5.74, 6) is 1.35. The van der Waals surface area contributed by atoms with E-state index in [1.807, 2.05) is 6.07 Å². The molecule has 0 spiro atoms. The molecule has 2 rings (SSSR count). The van der Waals surface area contributed by atoms with Crippen LogP contribution in [0.2, 0.25) is 0 Å². The van der Waals surface area contributed by atoms with Gasteiger partial charge in [-0.15, -0.1) is 0 Å². The highest BCUT2D eigenvalue weighted by Crippen LogP contribution is 2.18. The maximum atomic E-state index is 12.5. The van der Waals surface area contributed by atoms with Crippen molar-refractivity contribution in [3.63, 3.8) is 0 Å². The Kier molecular flexibility index (Phi) is 5.79. The van der Waals surface area contributed by atoms with Crippen LogP contribution in [-0.2, 0) is 10.0 Å². The first kappa shape index (κ1) is 17.8. The minimum Gasteiger partial charge on any atom is -0.497 e. The second-order valence-corrected chi connectivity index (χ2v) is 7.04. The lowest BCUT2D eigenvalue weighted by atomic mass is 10.2. The zero-order valence-electron chi connectivity index (χ0n) is 13.5. The maximum Gasteiger partial charge on any atom is 0.242 e. The molecule has 0 aliphatic carbocycles. The molecule has 6 nitrogen and oxygen atoms in total. The first-order valence-corrected chi connectivity index (χ1v) is 8.65. The fraction of sp³-hybridized carbons (Fsp3) is 0.235. The molecular formula is C17H18N2O4S. The molecule has 7 heteroatoms. The lowest BCUT2D eigenvalue weighted by Crippen LogP contribution is -2.31. The molecule has 0 aliphatic heterocycles. The largest absolute Gasteiger partial charge is 0.497 e. The molecule has 0 unspecified atom stereocenters. The van der Waals surface area contributed by atoms with Crippen molar-refractivity contribution in [1.82, 2.24) is 4.31 Å². The van der Waals surface area contributed by atoms with Crippen molar-refractivity contribution in [2.45, 2.75) is 4.90 Å². The number of hydrogen-bond acceptors (Lipinski definition) is 5. The van der Waals surface area contributed by atoms with Crippen LogP contribution in [0.4, 0.5) is 0 Å². The summed E-state index contributed by atoms with van der Waals surface area (Å²) >= 11 is 0. The van der Waals surface area contributed by atoms with Crippen molar-refractivity contribution in [2.24, 2.45) is 0 Å². The van der Waals surface area contributed by atoms with Crippen LogP contribution in [0.25, 0.3) is 0 Å². The average Bonchev–Trinajstić information content (AvgIpc) is 2.62. The van der Waals surface area contributed by atoms with E-state index in [9.17, 15) is 8.42 Å². The molecule has 2 aromatic carbocycles. The summed E-state index contributed by atoms with van der Waals surface area (Å²) in [6.07, 6.45) is 0. The van der Waals surface area contributed by atoms with Crippen molar-refractivity contribution >= 4 is 10.0 Å². The monoisotopic (exact) mass is 346 g/mol. The van der Waals surface area contributed by atoms with Crippen molar-refractivity contribution in [2.75, 3.05) is 27.3 Å². The van der Waals surface area contributed by atoms with Gasteiger partial charge < -0.3 is 9.47 Å². The van der Waals surface area contributed by atoms with Gasteiger partial charge in [-0.05, 0) is 42.5 Å². The SMILES string of the molecule is COc1ccc(OCCN(C)S(=O)(=O)c2cccc(C#N)c2)cc1. The molecule has 0 N–H and O–H groups in total. The van der Waals surface area contributed by atoms with E-state index in [-0.39, 0.29) is 18.0 Å². The number of nitriles is 1. The second-order valence-electron chi connectivity index (χ2n) is 4.99. The molecule has 0 saturated carbocycles. The zero-order chi connectivity index (χ0) is 17.6. The Bertz CT molecular complexity index is 826. The lowest BCUT2D eigenvalue weighted by Gasteiger charge is -2.17. The van der Waals surface area contributed by atoms with Gasteiger partial charge in [-0.2, -0.15) is 9.57 Å². The van der Waals surface area contributed by atoms with Gasteiger partial charge in [0.15, 0.2) is 0 Å². The number of nitrogens with zero attached hydrogens (tertiary/aromatic N) is 2. The van der Waals surface area contributed by atoms with E-state index < -0.39 is 10.0 Å². The normalized spacial score (nSPS) is 11.1. The summed E-state index contributed by atoms with van der Waals surface area (Å²) in [6.45, 7) is 0.394. The van der Waals surface area contributed by atoms with E-state index in [0.717, 1.165) is 5.75 Å². The van der Waals surface area contributed by atoms with Gasteiger partial charge in [-0.1, -0.05) is 6.07 Å². The molecule has 0 heterocycles. The summed E-state index contributed by atoms with van der Waals surface area (Å²) < 4.78 is 36.7. The van der Waals surface area contributed by atoms with Crippen molar-refractivity contribution in [3.8, 4) is 17.6 Å². The molecule has 0 amide bonds. The highest BCUT2D eigenvalue weighted by Gasteiger charge is 2.20. The van der Waals surface area contributed by atoms with Crippen LogP contribution < -0.4 is 9.47 Å². The molecule has 0 saturated heterocycles. The molecule has 0 fully saturated rings. The molecule has 126 valence electrons. The molecular weight excluding hydrogens is 328 g/mol. The third-order valence-electron chi connectivity index (χ3n) is 3.41. The topological polar surface area (TPSA) is 79.6 Å². The van der Waals surface area contributed by atoms with Gasteiger partial charge in [0.2, 0.25) is 10.0 Å². The quantitative estimate of drug-likeness (QED) is 0.768. The van der Waals surface area contributed by atoms with Crippen LogP contribution in [0, 0.1) is 11.3 Å². The summed E-state index contributed by atoms with van der Waals surface area (Å²) in [4.78, 5) is 0.0912. The van der Waals surface area contributed by atoms with Crippen molar-refractivity contribution in [1.29, 1.82) is 5.26 Å². The standard InChI is InChI=1S/C17H18N2O4S/c1-19(10-11-23-16-8-6-15(22-2)7-9-16)24(20,21)17-5-3-4-14(12-17)13-18/h3-9,12H,10-11H2,1-2H3. The number of ether oxygens (including phenoxy) is 2. The fourth-order valence-corrected chi connectivity index (χ4v) is 3.19. The number of sulfonamides is 1. The van der Waals surface area contributed by atoms with Gasteiger partial charge in [0.05, 0.1) is 23.6 Å². The van der Waals surface area contributed by atoms with Crippen LogP contribution in [0.15, 0.2) is 53.4 Å². The minimum atomic E-state index is -3.65. The first-order chi connectivity index (χ1) is 11.5. The molecule has 0 bridgehead atoms. The maximum absolute atomic E-state index is 12.5. The highest BCUT2D eigenvalue weighted by molar-refractivity contribution is 7.89. The Morgan fingerprint density at radius 3 is 2.42 bits per heavy atom. The van der Waals surface area contributed by atoms with Crippen LogP contribution in [0.3, 0.4) is 0 Å². The summed E-state index contributed by atoms with van der Waals surface area (Å²) in [6, 6.07) is 14.9. The summed E-state index contributed by atoms with van der Waals surface area (Å²) in [5, 5.41) is 8.88. The zero-order valence-corrected chi connectivity index (χ0v) is 14.3. The average molecular weight is 346 g/mol. The lowest BCUT2D eigenvalue weighted by molar-refractivity contribution is 0.286. The molecule has 2 aromatic rings. The molecule has 24 heavy (non-hydrogen) atoms. The van der Waals surface area contributed by atoms with Gasteiger partial charge in [0.25, 0.3) is 0 Å². The van der Waals surface area contributed by atoms with E-state index in [4.69, 9.17) is 14.7 Å². The number of methoxy groups -OCH3 is 1. The van der Waals surface area contributed by atoms with Gasteiger partial charge in [-0.25, -0.2) is 8.42 Å². The van der Waals surface area contributed by atoms with Crippen molar-refractivity contribution in [3.05, 3.63) is 54.1 Å². The predicted molar refractivity (Wildman–Crippen MR) is 89.5 cm³/mol. The fourth-order valence-electron chi connectivity index (χ4n) is 1.99. The van der Waals surface area contributed by atoms with Crippen LogP contribution in [-0.4, -0.2) is 40.0 Å². The predicted octanol–water partition coefficient (Wildman–Crippen LogP) is 2.27. The Morgan fingerprint density at radius 1 is 1.12 bits per heavy atom. The molecule has 0 aliphatic rings. The number of benzene rings is 2. The van der Waals surface area contributed by atoms with Gasteiger partial charge >= 0.3 is 0 Å². The highest BCUT2D eigenvalue weighted by atomic mass is 32.2. The summed E-state index contributed by atoms with van der Waals surface area (Å²) in [5.41, 5.74) is 0.305. The number of likely N-dealkylation sites (N-methyl/N-ethyl adjacent to an activating group) is 1. The Hall–Kier alpha value is -2.56. The van der Waals surface area contributed by atoms with Crippen LogP contribution in [0.1, 0.15) is 5.56 Å². The molecule has 0 atom stereocenters. The number of hydrogen-bond donors (Lipinski definition) is 0. The van der Waals surface area contributed by atoms with Gasteiger partial charge in [0.1, 0.15) is 18.1 Å². The Morgan fingerprint density at radius 2 is 1.79 bits per heavy atom. The van der Waals surface area contributed by atoms with E-state index in [1.54, 1.807) is 43.5 Å². The van der Waals surface area contributed by atoms with Crippen molar-refractivity contribution < 1.29 is 17.9 Å². The van der Waals surface area contributed by atoms with E-state index in [2.05, 4.69) is 0 Å². The third kappa shape index (κ3) is 4.25. The first-order valence-electron chi connectivity index (χ1n) is 7.20. The van der Waals surface area contributed by atoms with E-state index in [1.165, 1.54) is 23.5 Å². The second kappa shape index (κ2) is 7.81. The molecule has 0 aromatic heterocycles. The minimum absolute atomic E-state index is 0.0912. The van der Waals surface area contributed by atoms with Crippen LogP contribution >= 0.6 is 0 Å². The summed E-state index contributed by atoms with van der Waals surface area (Å²) in [7, 11) is -0.596.